The number of aromatic carboxylic acids is 1. The first-order valence-corrected chi connectivity index (χ1v) is 5.17. The van der Waals surface area contributed by atoms with Crippen LogP contribution < -0.4 is 0 Å². The van der Waals surface area contributed by atoms with E-state index >= 15 is 0 Å². The molecule has 2 rings (SSSR count). The highest BCUT2D eigenvalue weighted by molar-refractivity contribution is 5.92. The van der Waals surface area contributed by atoms with Crippen LogP contribution in [0.1, 0.15) is 16.1 Å². The summed E-state index contributed by atoms with van der Waals surface area (Å²) in [5.41, 5.74) is 0.584. The van der Waals surface area contributed by atoms with Gasteiger partial charge in [0.05, 0.1) is 11.2 Å². The van der Waals surface area contributed by atoms with E-state index in [-0.39, 0.29) is 17.1 Å². The lowest BCUT2D eigenvalue weighted by molar-refractivity contribution is -0.384. The van der Waals surface area contributed by atoms with Crippen LogP contribution in [0.25, 0.3) is 0 Å². The number of nitro benzene ring substituents is 1. The number of nitrogens with zero attached hydrogens (tertiary/aromatic N) is 2. The fourth-order valence-electron chi connectivity index (χ4n) is 1.43. The Balaban J connectivity index is 2.27. The molecular weight excluding hydrogens is 252 g/mol. The second-order valence-corrected chi connectivity index (χ2v) is 3.55. The molecule has 0 radical (unpaired) electrons. The van der Waals surface area contributed by atoms with Gasteiger partial charge in [-0.2, -0.15) is 0 Å². The van der Waals surface area contributed by atoms with E-state index < -0.39 is 10.9 Å². The molecule has 0 fully saturated rings. The minimum absolute atomic E-state index is 0.0606. The maximum Gasteiger partial charge on any atom is 0.374 e. The van der Waals surface area contributed by atoms with Crippen molar-refractivity contribution in [2.75, 3.05) is 0 Å². The summed E-state index contributed by atoms with van der Waals surface area (Å²) in [6.45, 7) is 0. The topological polar surface area (TPSA) is 106 Å². The predicted octanol–water partition coefficient (Wildman–Crippen LogP) is 2.64. The number of carbonyl (C=O) groups is 1. The van der Waals surface area contributed by atoms with Gasteiger partial charge in [0.25, 0.3) is 5.69 Å². The standard InChI is InChI=1S/C12H8N2O5/c15-12(16)11-10(4-5-19-11)13-7-8-2-1-3-9(6-8)14(17)18/h1-7H,(H,15,16). The van der Waals surface area contributed by atoms with Crippen molar-refractivity contribution in [2.24, 2.45) is 4.99 Å². The second kappa shape index (κ2) is 5.13. The summed E-state index contributed by atoms with van der Waals surface area (Å²) in [6.07, 6.45) is 2.55. The quantitative estimate of drug-likeness (QED) is 0.516. The van der Waals surface area contributed by atoms with Crippen LogP contribution in [0, 0.1) is 10.1 Å². The summed E-state index contributed by atoms with van der Waals surface area (Å²) >= 11 is 0. The molecule has 1 aromatic heterocycles. The van der Waals surface area contributed by atoms with Crippen molar-refractivity contribution in [3.05, 3.63) is 58.0 Å². The number of hydrogen-bond donors (Lipinski definition) is 1. The number of carboxylic acids is 1. The Morgan fingerprint density at radius 3 is 2.89 bits per heavy atom. The Morgan fingerprint density at radius 1 is 1.42 bits per heavy atom. The van der Waals surface area contributed by atoms with Gasteiger partial charge in [-0.1, -0.05) is 12.1 Å². The van der Waals surface area contributed by atoms with Gasteiger partial charge in [0, 0.05) is 24.4 Å². The average Bonchev–Trinajstić information content (AvgIpc) is 2.85. The monoisotopic (exact) mass is 260 g/mol. The van der Waals surface area contributed by atoms with E-state index in [1.54, 1.807) is 6.07 Å². The molecule has 0 aliphatic heterocycles. The minimum atomic E-state index is -1.23. The van der Waals surface area contributed by atoms with E-state index in [0.717, 1.165) is 0 Å². The molecule has 0 spiro atoms. The number of non-ortho nitro benzene ring substituents is 1. The van der Waals surface area contributed by atoms with Gasteiger partial charge in [-0.25, -0.2) is 4.79 Å². The summed E-state index contributed by atoms with van der Waals surface area (Å²) in [7, 11) is 0. The van der Waals surface area contributed by atoms with Crippen LogP contribution in [0.15, 0.2) is 46.0 Å². The Hall–Kier alpha value is -2.96. The van der Waals surface area contributed by atoms with Crippen molar-refractivity contribution in [3.63, 3.8) is 0 Å². The van der Waals surface area contributed by atoms with Gasteiger partial charge in [0.15, 0.2) is 0 Å². The lowest BCUT2D eigenvalue weighted by Crippen LogP contribution is -1.93. The second-order valence-electron chi connectivity index (χ2n) is 3.55. The van der Waals surface area contributed by atoms with Crippen LogP contribution in [0.5, 0.6) is 0 Å². The van der Waals surface area contributed by atoms with Crippen LogP contribution in [0.4, 0.5) is 11.4 Å². The van der Waals surface area contributed by atoms with Gasteiger partial charge >= 0.3 is 5.97 Å². The summed E-state index contributed by atoms with van der Waals surface area (Å²) in [5, 5.41) is 19.4. The molecule has 7 heteroatoms. The lowest BCUT2D eigenvalue weighted by Gasteiger charge is -1.94. The Morgan fingerprint density at radius 2 is 2.21 bits per heavy atom. The molecule has 1 aromatic carbocycles. The van der Waals surface area contributed by atoms with Crippen LogP contribution in [-0.4, -0.2) is 22.2 Å². The molecule has 0 unspecified atom stereocenters. The van der Waals surface area contributed by atoms with Crippen LogP contribution >= 0.6 is 0 Å². The molecule has 96 valence electrons. The third kappa shape index (κ3) is 2.83. The predicted molar refractivity (Wildman–Crippen MR) is 66.0 cm³/mol. The van der Waals surface area contributed by atoms with Gasteiger partial charge in [-0.3, -0.25) is 15.1 Å². The van der Waals surface area contributed by atoms with E-state index in [0.29, 0.717) is 5.56 Å². The smallest absolute Gasteiger partial charge is 0.374 e. The Labute approximate surface area is 107 Å². The Kier molecular flexibility index (Phi) is 3.37. The van der Waals surface area contributed by atoms with Crippen LogP contribution in [0.3, 0.4) is 0 Å². The number of hydrogen-bond acceptors (Lipinski definition) is 5. The minimum Gasteiger partial charge on any atom is -0.475 e. The molecule has 0 saturated carbocycles. The van der Waals surface area contributed by atoms with Crippen molar-refractivity contribution in [1.82, 2.24) is 0 Å². The number of furan rings is 1. The van der Waals surface area contributed by atoms with Crippen molar-refractivity contribution < 1.29 is 19.2 Å². The van der Waals surface area contributed by atoms with Crippen LogP contribution in [0.2, 0.25) is 0 Å². The molecule has 1 N–H and O–H groups in total. The molecule has 1 heterocycles. The summed E-state index contributed by atoms with van der Waals surface area (Å²) in [5.74, 6) is -1.50. The summed E-state index contributed by atoms with van der Waals surface area (Å²) in [6, 6.07) is 7.24. The maximum atomic E-state index is 10.8. The highest BCUT2D eigenvalue weighted by Crippen LogP contribution is 2.20. The first kappa shape index (κ1) is 12.5. The van der Waals surface area contributed by atoms with Crippen molar-refractivity contribution in [1.29, 1.82) is 0 Å². The van der Waals surface area contributed by atoms with Gasteiger partial charge < -0.3 is 9.52 Å². The number of rotatable bonds is 4. The average molecular weight is 260 g/mol. The highest BCUT2D eigenvalue weighted by atomic mass is 16.6. The molecule has 19 heavy (non-hydrogen) atoms. The third-order valence-corrected chi connectivity index (χ3v) is 2.27. The molecule has 0 amide bonds. The Bertz CT molecular complexity index is 660. The van der Waals surface area contributed by atoms with E-state index in [1.165, 1.54) is 36.7 Å². The lowest BCUT2D eigenvalue weighted by atomic mass is 10.2. The van der Waals surface area contributed by atoms with Gasteiger partial charge in [-0.15, -0.1) is 0 Å². The zero-order valence-electron chi connectivity index (χ0n) is 9.52. The molecule has 7 nitrogen and oxygen atoms in total. The zero-order chi connectivity index (χ0) is 13.8. The molecule has 0 atom stereocenters. The molecule has 2 aromatic rings. The normalized spacial score (nSPS) is 10.7. The number of nitro groups is 1. The molecular formula is C12H8N2O5. The molecule has 0 saturated heterocycles. The number of aliphatic imine (C=N–C) groups is 1. The maximum absolute atomic E-state index is 10.8. The van der Waals surface area contributed by atoms with Crippen molar-refractivity contribution in [2.45, 2.75) is 0 Å². The summed E-state index contributed by atoms with van der Waals surface area (Å²) < 4.78 is 4.75. The van der Waals surface area contributed by atoms with Crippen molar-refractivity contribution in [3.8, 4) is 0 Å². The van der Waals surface area contributed by atoms with E-state index in [2.05, 4.69) is 4.99 Å². The first-order valence-electron chi connectivity index (χ1n) is 5.17. The molecule has 0 aliphatic rings. The summed E-state index contributed by atoms with van der Waals surface area (Å²) in [4.78, 5) is 24.8. The molecule has 0 aliphatic carbocycles. The van der Waals surface area contributed by atoms with Gasteiger partial charge in [0.2, 0.25) is 5.76 Å². The molecule has 0 bridgehead atoms. The number of carboxylic acid groups (broad SMARTS) is 1. The third-order valence-electron chi connectivity index (χ3n) is 2.27. The fraction of sp³-hybridized carbons (Fsp3) is 0. The van der Waals surface area contributed by atoms with Crippen LogP contribution in [-0.2, 0) is 0 Å². The zero-order valence-corrected chi connectivity index (χ0v) is 9.52. The SMILES string of the molecule is O=C(O)c1occc1N=Cc1cccc([N+](=O)[O-])c1. The van der Waals surface area contributed by atoms with E-state index in [1.807, 2.05) is 0 Å². The van der Waals surface area contributed by atoms with Gasteiger partial charge in [0.1, 0.15) is 5.69 Å². The van der Waals surface area contributed by atoms with Crippen molar-refractivity contribution >= 4 is 23.6 Å². The van der Waals surface area contributed by atoms with E-state index in [9.17, 15) is 14.9 Å². The first-order chi connectivity index (χ1) is 9.08. The fourth-order valence-corrected chi connectivity index (χ4v) is 1.43. The van der Waals surface area contributed by atoms with E-state index in [4.69, 9.17) is 9.52 Å². The highest BCUT2D eigenvalue weighted by Gasteiger charge is 2.12. The van der Waals surface area contributed by atoms with Gasteiger partial charge in [-0.05, 0) is 5.56 Å². The number of benzene rings is 1. The largest absolute Gasteiger partial charge is 0.475 e.